The molecule has 0 aromatic heterocycles. The van der Waals surface area contributed by atoms with Gasteiger partial charge in [0, 0.05) is 20.6 Å². The van der Waals surface area contributed by atoms with E-state index in [9.17, 15) is 18.3 Å². The largest absolute Gasteiger partial charge is 0.480 e. The molecule has 1 aliphatic heterocycles. The van der Waals surface area contributed by atoms with Crippen LogP contribution in [0.1, 0.15) is 18.4 Å². The van der Waals surface area contributed by atoms with Crippen molar-refractivity contribution < 1.29 is 18.3 Å². The molecule has 0 aliphatic carbocycles. The number of benzene rings is 1. The van der Waals surface area contributed by atoms with Crippen LogP contribution in [-0.4, -0.2) is 55.4 Å². The van der Waals surface area contributed by atoms with Gasteiger partial charge in [-0.05, 0) is 37.1 Å². The number of nitrogens with zero attached hydrogens (tertiary/aromatic N) is 2. The Morgan fingerprint density at radius 3 is 2.68 bits per heavy atom. The van der Waals surface area contributed by atoms with Crippen LogP contribution < -0.4 is 0 Å². The highest BCUT2D eigenvalue weighted by molar-refractivity contribution is 7.89. The van der Waals surface area contributed by atoms with Gasteiger partial charge in [0.1, 0.15) is 6.04 Å². The first kappa shape index (κ1) is 18.9. The van der Waals surface area contributed by atoms with Crippen molar-refractivity contribution in [3.63, 3.8) is 0 Å². The van der Waals surface area contributed by atoms with Crippen LogP contribution in [0.2, 0.25) is 0 Å². The lowest BCUT2D eigenvalue weighted by Gasteiger charge is -2.21. The van der Waals surface area contributed by atoms with Crippen molar-refractivity contribution >= 4 is 28.4 Å². The highest BCUT2D eigenvalue weighted by Crippen LogP contribution is 2.22. The van der Waals surface area contributed by atoms with Crippen LogP contribution in [0.15, 0.2) is 29.2 Å². The SMILES string of the molecule is CN(C)S(=O)(=O)c1cccc(CN2CCCC2C(=O)O)c1.Cl. The number of likely N-dealkylation sites (tertiary alicyclic amines) is 1. The normalized spacial score (nSPS) is 19.1. The molecule has 1 atom stereocenters. The Bertz CT molecular complexity index is 633. The summed E-state index contributed by atoms with van der Waals surface area (Å²) in [6.07, 6.45) is 1.50. The van der Waals surface area contributed by atoms with Gasteiger partial charge in [0.15, 0.2) is 0 Å². The standard InChI is InChI=1S/C14H20N2O4S.ClH/c1-15(2)21(19,20)12-6-3-5-11(9-12)10-16-8-4-7-13(16)14(17)18;/h3,5-6,9,13H,4,7-8,10H2,1-2H3,(H,17,18);1H. The van der Waals surface area contributed by atoms with Crippen molar-refractivity contribution in [2.45, 2.75) is 30.3 Å². The van der Waals surface area contributed by atoms with Gasteiger partial charge in [-0.3, -0.25) is 9.69 Å². The minimum atomic E-state index is -3.46. The second kappa shape index (κ2) is 7.41. The average molecular weight is 349 g/mol. The summed E-state index contributed by atoms with van der Waals surface area (Å²) in [5, 5.41) is 9.17. The molecule has 0 spiro atoms. The molecule has 0 amide bonds. The summed E-state index contributed by atoms with van der Waals surface area (Å²) in [4.78, 5) is 13.3. The molecule has 1 aromatic carbocycles. The van der Waals surface area contributed by atoms with Crippen LogP contribution in [0.4, 0.5) is 0 Å². The number of hydrogen-bond acceptors (Lipinski definition) is 4. The Kier molecular flexibility index (Phi) is 6.37. The van der Waals surface area contributed by atoms with E-state index >= 15 is 0 Å². The molecular formula is C14H21ClN2O4S. The average Bonchev–Trinajstić information content (AvgIpc) is 2.87. The summed E-state index contributed by atoms with van der Waals surface area (Å²) >= 11 is 0. The molecule has 22 heavy (non-hydrogen) atoms. The van der Waals surface area contributed by atoms with Crippen molar-refractivity contribution in [1.29, 1.82) is 0 Å². The lowest BCUT2D eigenvalue weighted by Crippen LogP contribution is -2.35. The monoisotopic (exact) mass is 348 g/mol. The minimum Gasteiger partial charge on any atom is -0.480 e. The summed E-state index contributed by atoms with van der Waals surface area (Å²) in [5.41, 5.74) is 0.811. The first-order valence-corrected chi connectivity index (χ1v) is 8.24. The van der Waals surface area contributed by atoms with Crippen molar-refractivity contribution in [3.8, 4) is 0 Å². The van der Waals surface area contributed by atoms with Crippen molar-refractivity contribution in [3.05, 3.63) is 29.8 Å². The summed E-state index contributed by atoms with van der Waals surface area (Å²) in [5.74, 6) is -0.815. The third kappa shape index (κ3) is 3.98. The van der Waals surface area contributed by atoms with Gasteiger partial charge in [-0.1, -0.05) is 12.1 Å². The van der Waals surface area contributed by atoms with E-state index in [0.29, 0.717) is 13.0 Å². The lowest BCUT2D eigenvalue weighted by molar-refractivity contribution is -0.142. The number of hydrogen-bond donors (Lipinski definition) is 1. The number of carbonyl (C=O) groups is 1. The molecule has 6 nitrogen and oxygen atoms in total. The van der Waals surface area contributed by atoms with Crippen LogP contribution in [-0.2, 0) is 21.4 Å². The van der Waals surface area contributed by atoms with Gasteiger partial charge in [-0.15, -0.1) is 12.4 Å². The predicted octanol–water partition coefficient (Wildman–Crippen LogP) is 1.41. The van der Waals surface area contributed by atoms with E-state index < -0.39 is 22.0 Å². The van der Waals surface area contributed by atoms with Gasteiger partial charge in [-0.2, -0.15) is 0 Å². The maximum atomic E-state index is 12.1. The van der Waals surface area contributed by atoms with Gasteiger partial charge in [0.05, 0.1) is 4.90 Å². The lowest BCUT2D eigenvalue weighted by atomic mass is 10.2. The van der Waals surface area contributed by atoms with E-state index in [2.05, 4.69) is 0 Å². The molecule has 1 unspecified atom stereocenters. The maximum absolute atomic E-state index is 12.1. The third-order valence-corrected chi connectivity index (χ3v) is 5.52. The van der Waals surface area contributed by atoms with Crippen molar-refractivity contribution in [1.82, 2.24) is 9.21 Å². The predicted molar refractivity (Wildman–Crippen MR) is 85.6 cm³/mol. The van der Waals surface area contributed by atoms with E-state index in [1.807, 2.05) is 11.0 Å². The Balaban J connectivity index is 0.00000242. The highest BCUT2D eigenvalue weighted by atomic mass is 35.5. The number of aliphatic carboxylic acids is 1. The van der Waals surface area contributed by atoms with Crippen molar-refractivity contribution in [2.75, 3.05) is 20.6 Å². The first-order chi connectivity index (χ1) is 9.82. The van der Waals surface area contributed by atoms with Crippen LogP contribution in [0, 0.1) is 0 Å². The number of sulfonamides is 1. The summed E-state index contributed by atoms with van der Waals surface area (Å²) in [6, 6.07) is 6.21. The molecule has 0 bridgehead atoms. The maximum Gasteiger partial charge on any atom is 0.320 e. The minimum absolute atomic E-state index is 0. The zero-order valence-corrected chi connectivity index (χ0v) is 14.2. The highest BCUT2D eigenvalue weighted by Gasteiger charge is 2.30. The second-order valence-electron chi connectivity index (χ2n) is 5.40. The zero-order valence-electron chi connectivity index (χ0n) is 12.6. The summed E-state index contributed by atoms with van der Waals surface area (Å²) in [6.45, 7) is 1.18. The zero-order chi connectivity index (χ0) is 15.6. The fourth-order valence-corrected chi connectivity index (χ4v) is 3.52. The number of carboxylic acid groups (broad SMARTS) is 1. The quantitative estimate of drug-likeness (QED) is 0.870. The molecule has 8 heteroatoms. The van der Waals surface area contributed by atoms with E-state index in [4.69, 9.17) is 0 Å². The smallest absolute Gasteiger partial charge is 0.320 e. The molecule has 1 fully saturated rings. The van der Waals surface area contributed by atoms with Crippen LogP contribution in [0.3, 0.4) is 0 Å². The molecule has 1 aliphatic rings. The summed E-state index contributed by atoms with van der Waals surface area (Å²) < 4.78 is 25.4. The fourth-order valence-electron chi connectivity index (χ4n) is 2.54. The van der Waals surface area contributed by atoms with Crippen LogP contribution >= 0.6 is 12.4 Å². The van der Waals surface area contributed by atoms with Crippen molar-refractivity contribution in [2.24, 2.45) is 0 Å². The molecule has 1 heterocycles. The molecular weight excluding hydrogens is 328 g/mol. The van der Waals surface area contributed by atoms with Gasteiger partial charge in [0.25, 0.3) is 0 Å². The number of carboxylic acids is 1. The number of halogens is 1. The molecule has 2 rings (SSSR count). The Morgan fingerprint density at radius 1 is 1.41 bits per heavy atom. The number of rotatable bonds is 5. The molecule has 1 aromatic rings. The Hall–Kier alpha value is -1.15. The topological polar surface area (TPSA) is 77.9 Å². The molecule has 0 radical (unpaired) electrons. The van der Waals surface area contributed by atoms with E-state index in [1.54, 1.807) is 18.2 Å². The van der Waals surface area contributed by atoms with Crippen LogP contribution in [0.5, 0.6) is 0 Å². The Labute approximate surface area is 137 Å². The van der Waals surface area contributed by atoms with Gasteiger partial charge >= 0.3 is 5.97 Å². The van der Waals surface area contributed by atoms with Gasteiger partial charge < -0.3 is 5.11 Å². The van der Waals surface area contributed by atoms with Gasteiger partial charge in [0.2, 0.25) is 10.0 Å². The fraction of sp³-hybridized carbons (Fsp3) is 0.500. The van der Waals surface area contributed by atoms with E-state index in [0.717, 1.165) is 18.5 Å². The summed E-state index contributed by atoms with van der Waals surface area (Å²) in [7, 11) is -0.486. The molecule has 124 valence electrons. The van der Waals surface area contributed by atoms with E-state index in [-0.39, 0.29) is 17.3 Å². The first-order valence-electron chi connectivity index (χ1n) is 6.80. The third-order valence-electron chi connectivity index (χ3n) is 3.71. The van der Waals surface area contributed by atoms with E-state index in [1.165, 1.54) is 18.4 Å². The van der Waals surface area contributed by atoms with Gasteiger partial charge in [-0.25, -0.2) is 12.7 Å². The van der Waals surface area contributed by atoms with Crippen LogP contribution in [0.25, 0.3) is 0 Å². The second-order valence-corrected chi connectivity index (χ2v) is 7.55. The molecule has 1 N–H and O–H groups in total. The molecule has 0 saturated carbocycles. The molecule has 1 saturated heterocycles. The Morgan fingerprint density at radius 2 is 2.09 bits per heavy atom.